The van der Waals surface area contributed by atoms with E-state index in [9.17, 15) is 9.59 Å². The first-order valence-electron chi connectivity index (χ1n) is 5.28. The number of carbonyl (C=O) groups excluding carboxylic acids is 2. The molecule has 0 bridgehead atoms. The van der Waals surface area contributed by atoms with Crippen LogP contribution in [-0.4, -0.2) is 17.4 Å². The van der Waals surface area contributed by atoms with E-state index in [4.69, 9.17) is 16.3 Å². The third-order valence-corrected chi connectivity index (χ3v) is 2.14. The van der Waals surface area contributed by atoms with E-state index in [0.717, 1.165) is 0 Å². The largest absolute Gasteiger partial charge is 0.460 e. The van der Waals surface area contributed by atoms with Gasteiger partial charge in [0.25, 0.3) is 0 Å². The second kappa shape index (κ2) is 5.32. The molecule has 92 valence electrons. The van der Waals surface area contributed by atoms with Crippen molar-refractivity contribution in [1.82, 2.24) is 0 Å². The second-order valence-corrected chi connectivity index (χ2v) is 5.13. The predicted octanol–water partition coefficient (Wildman–Crippen LogP) is 3.25. The minimum Gasteiger partial charge on any atom is -0.460 e. The topological polar surface area (TPSA) is 43.4 Å². The highest BCUT2D eigenvalue weighted by Gasteiger charge is 2.19. The molecular formula is C13H15ClO3. The minimum absolute atomic E-state index is 0.251. The maximum absolute atomic E-state index is 11.7. The summed E-state index contributed by atoms with van der Waals surface area (Å²) in [5, 5.41) is 0.554. The zero-order valence-corrected chi connectivity index (χ0v) is 10.9. The first-order valence-corrected chi connectivity index (χ1v) is 5.66. The van der Waals surface area contributed by atoms with Crippen LogP contribution in [0.2, 0.25) is 5.02 Å². The van der Waals surface area contributed by atoms with E-state index in [1.807, 2.05) is 0 Å². The van der Waals surface area contributed by atoms with Crippen molar-refractivity contribution in [3.63, 3.8) is 0 Å². The molecule has 0 aliphatic rings. The number of hydrogen-bond donors (Lipinski definition) is 0. The Hall–Kier alpha value is -1.35. The van der Waals surface area contributed by atoms with Crippen LogP contribution < -0.4 is 0 Å². The van der Waals surface area contributed by atoms with E-state index in [2.05, 4.69) is 0 Å². The molecule has 0 saturated carbocycles. The van der Waals surface area contributed by atoms with Gasteiger partial charge in [0.2, 0.25) is 0 Å². The van der Waals surface area contributed by atoms with E-state index >= 15 is 0 Å². The lowest BCUT2D eigenvalue weighted by atomic mass is 10.1. The zero-order chi connectivity index (χ0) is 13.1. The summed E-state index contributed by atoms with van der Waals surface area (Å²) in [6, 6.07) is 6.41. The molecule has 1 rings (SSSR count). The van der Waals surface area contributed by atoms with Gasteiger partial charge in [0, 0.05) is 10.6 Å². The van der Waals surface area contributed by atoms with Gasteiger partial charge < -0.3 is 4.74 Å². The van der Waals surface area contributed by atoms with Gasteiger partial charge in [-0.25, -0.2) is 0 Å². The molecule has 0 fully saturated rings. The molecule has 0 radical (unpaired) electrons. The lowest BCUT2D eigenvalue weighted by molar-refractivity contribution is -0.153. The van der Waals surface area contributed by atoms with E-state index in [1.54, 1.807) is 45.0 Å². The SMILES string of the molecule is CC(C)(C)OC(=O)CC(=O)c1ccc(Cl)cc1. The number of hydrogen-bond acceptors (Lipinski definition) is 3. The van der Waals surface area contributed by atoms with Crippen molar-refractivity contribution in [3.05, 3.63) is 34.9 Å². The van der Waals surface area contributed by atoms with Gasteiger partial charge in [-0.15, -0.1) is 0 Å². The van der Waals surface area contributed by atoms with Crippen molar-refractivity contribution in [3.8, 4) is 0 Å². The number of ether oxygens (including phenoxy) is 1. The summed E-state index contributed by atoms with van der Waals surface area (Å²) in [6.45, 7) is 5.28. The summed E-state index contributed by atoms with van der Waals surface area (Å²) in [4.78, 5) is 23.1. The Labute approximate surface area is 106 Å². The van der Waals surface area contributed by atoms with Crippen LogP contribution >= 0.6 is 11.6 Å². The maximum atomic E-state index is 11.7. The Morgan fingerprint density at radius 1 is 1.18 bits per heavy atom. The number of halogens is 1. The molecule has 0 aliphatic carbocycles. The van der Waals surface area contributed by atoms with Crippen LogP contribution in [0.4, 0.5) is 0 Å². The van der Waals surface area contributed by atoms with Crippen molar-refractivity contribution < 1.29 is 14.3 Å². The van der Waals surface area contributed by atoms with E-state index in [1.165, 1.54) is 0 Å². The molecule has 1 aromatic rings. The fraction of sp³-hybridized carbons (Fsp3) is 0.385. The molecule has 0 N–H and O–H groups in total. The summed E-state index contributed by atoms with van der Waals surface area (Å²) in [7, 11) is 0. The van der Waals surface area contributed by atoms with Crippen LogP contribution in [0.5, 0.6) is 0 Å². The van der Waals surface area contributed by atoms with Gasteiger partial charge in [0.1, 0.15) is 12.0 Å². The molecule has 0 unspecified atom stereocenters. The molecule has 0 spiro atoms. The van der Waals surface area contributed by atoms with Crippen LogP contribution in [-0.2, 0) is 9.53 Å². The number of esters is 1. The van der Waals surface area contributed by atoms with Crippen LogP contribution in [0.3, 0.4) is 0 Å². The molecule has 17 heavy (non-hydrogen) atoms. The molecular weight excluding hydrogens is 240 g/mol. The number of benzene rings is 1. The number of Topliss-reactive ketones (excluding diaryl/α,β-unsaturated/α-hetero) is 1. The van der Waals surface area contributed by atoms with Crippen molar-refractivity contribution >= 4 is 23.4 Å². The van der Waals surface area contributed by atoms with Crippen molar-refractivity contribution in [2.45, 2.75) is 32.8 Å². The molecule has 0 amide bonds. The summed E-state index contributed by atoms with van der Waals surface area (Å²) in [5.41, 5.74) is -0.113. The van der Waals surface area contributed by atoms with Crippen molar-refractivity contribution in [2.24, 2.45) is 0 Å². The number of rotatable bonds is 3. The lowest BCUT2D eigenvalue weighted by Gasteiger charge is -2.19. The van der Waals surface area contributed by atoms with Gasteiger partial charge >= 0.3 is 5.97 Å². The van der Waals surface area contributed by atoms with Gasteiger partial charge in [-0.1, -0.05) is 11.6 Å². The molecule has 0 atom stereocenters. The molecule has 3 nitrogen and oxygen atoms in total. The highest BCUT2D eigenvalue weighted by molar-refractivity contribution is 6.30. The monoisotopic (exact) mass is 254 g/mol. The van der Waals surface area contributed by atoms with E-state index in [-0.39, 0.29) is 12.2 Å². The van der Waals surface area contributed by atoms with Crippen LogP contribution in [0.15, 0.2) is 24.3 Å². The average Bonchev–Trinajstić information content (AvgIpc) is 2.15. The maximum Gasteiger partial charge on any atom is 0.314 e. The Kier molecular flexibility index (Phi) is 4.29. The number of carbonyl (C=O) groups is 2. The number of ketones is 1. The first kappa shape index (κ1) is 13.7. The minimum atomic E-state index is -0.572. The molecule has 4 heteroatoms. The summed E-state index contributed by atoms with van der Waals surface area (Å²) in [5.74, 6) is -0.784. The normalized spacial score (nSPS) is 11.1. The van der Waals surface area contributed by atoms with Gasteiger partial charge in [0.15, 0.2) is 5.78 Å². The van der Waals surface area contributed by atoms with Crippen molar-refractivity contribution in [1.29, 1.82) is 0 Å². The zero-order valence-electron chi connectivity index (χ0n) is 10.1. The third kappa shape index (κ3) is 5.00. The molecule has 0 aromatic heterocycles. The average molecular weight is 255 g/mol. The summed E-state index contributed by atoms with van der Waals surface area (Å²) < 4.78 is 5.07. The fourth-order valence-corrected chi connectivity index (χ4v) is 1.37. The summed E-state index contributed by atoms with van der Waals surface area (Å²) in [6.07, 6.45) is -0.251. The van der Waals surface area contributed by atoms with Gasteiger partial charge in [-0.05, 0) is 45.0 Å². The molecule has 0 aliphatic heterocycles. The van der Waals surface area contributed by atoms with Gasteiger partial charge in [-0.2, -0.15) is 0 Å². The van der Waals surface area contributed by atoms with Crippen LogP contribution in [0, 0.1) is 0 Å². The quantitative estimate of drug-likeness (QED) is 0.472. The van der Waals surface area contributed by atoms with Crippen LogP contribution in [0.1, 0.15) is 37.6 Å². The summed E-state index contributed by atoms with van der Waals surface area (Å²) >= 11 is 5.71. The molecule has 0 saturated heterocycles. The third-order valence-electron chi connectivity index (χ3n) is 1.89. The smallest absolute Gasteiger partial charge is 0.314 e. The van der Waals surface area contributed by atoms with E-state index in [0.29, 0.717) is 10.6 Å². The Bertz CT molecular complexity index is 415. The predicted molar refractivity (Wildman–Crippen MR) is 66.2 cm³/mol. The molecule has 0 heterocycles. The second-order valence-electron chi connectivity index (χ2n) is 4.69. The van der Waals surface area contributed by atoms with Crippen molar-refractivity contribution in [2.75, 3.05) is 0 Å². The van der Waals surface area contributed by atoms with Gasteiger partial charge in [0.05, 0.1) is 0 Å². The highest BCUT2D eigenvalue weighted by Crippen LogP contribution is 2.13. The fourth-order valence-electron chi connectivity index (χ4n) is 1.25. The van der Waals surface area contributed by atoms with E-state index < -0.39 is 11.6 Å². The first-order chi connectivity index (χ1) is 7.78. The standard InChI is InChI=1S/C13H15ClO3/c1-13(2,3)17-12(16)8-11(15)9-4-6-10(14)7-5-9/h4-7H,8H2,1-3H3. The Balaban J connectivity index is 2.61. The van der Waals surface area contributed by atoms with Gasteiger partial charge in [-0.3, -0.25) is 9.59 Å². The van der Waals surface area contributed by atoms with Crippen LogP contribution in [0.25, 0.3) is 0 Å². The molecule has 1 aromatic carbocycles. The Morgan fingerprint density at radius 3 is 2.18 bits per heavy atom. The lowest BCUT2D eigenvalue weighted by Crippen LogP contribution is -2.25. The Morgan fingerprint density at radius 2 is 1.71 bits per heavy atom. The highest BCUT2D eigenvalue weighted by atomic mass is 35.5.